The van der Waals surface area contributed by atoms with Crippen molar-refractivity contribution >= 4 is 27.7 Å². The van der Waals surface area contributed by atoms with Crippen molar-refractivity contribution < 1.29 is 0 Å². The van der Waals surface area contributed by atoms with Gasteiger partial charge in [-0.2, -0.15) is 11.8 Å². The number of rotatable bonds is 6. The van der Waals surface area contributed by atoms with E-state index >= 15 is 0 Å². The Morgan fingerprint density at radius 1 is 1.38 bits per heavy atom. The van der Waals surface area contributed by atoms with Gasteiger partial charge in [0.25, 0.3) is 0 Å². The lowest BCUT2D eigenvalue weighted by atomic mass is 9.72. The molecule has 0 spiro atoms. The van der Waals surface area contributed by atoms with Gasteiger partial charge in [0.15, 0.2) is 0 Å². The molecule has 1 aliphatic rings. The Bertz CT molecular complexity index is 136. The van der Waals surface area contributed by atoms with Crippen LogP contribution >= 0.6 is 27.7 Å². The van der Waals surface area contributed by atoms with Crippen molar-refractivity contribution in [2.45, 2.75) is 39.5 Å². The Balaban J connectivity index is 2.04. The molecule has 0 aromatic heterocycles. The molecule has 0 N–H and O–H groups in total. The summed E-state index contributed by atoms with van der Waals surface area (Å²) in [5, 5.41) is 1.22. The summed E-state index contributed by atoms with van der Waals surface area (Å²) in [6.45, 7) is 4.62. The standard InChI is InChI=1S/C11H21BrS/c1-10(2)4-7-13-9-11(8-12)5-3-6-11/h10H,3-9H2,1-2H3. The maximum absolute atomic E-state index is 3.65. The molecule has 0 heterocycles. The first-order valence-electron chi connectivity index (χ1n) is 5.32. The van der Waals surface area contributed by atoms with Crippen LogP contribution in [0.15, 0.2) is 0 Å². The predicted molar refractivity (Wildman–Crippen MR) is 66.9 cm³/mol. The van der Waals surface area contributed by atoms with Crippen LogP contribution in [0.25, 0.3) is 0 Å². The number of halogens is 1. The molecule has 0 aromatic rings. The van der Waals surface area contributed by atoms with Crippen LogP contribution in [-0.2, 0) is 0 Å². The first-order chi connectivity index (χ1) is 6.18. The van der Waals surface area contributed by atoms with Gasteiger partial charge in [0, 0.05) is 5.33 Å². The van der Waals surface area contributed by atoms with Crippen LogP contribution in [0.5, 0.6) is 0 Å². The van der Waals surface area contributed by atoms with Crippen LogP contribution in [0.3, 0.4) is 0 Å². The average Bonchev–Trinajstić information content (AvgIpc) is 2.01. The van der Waals surface area contributed by atoms with E-state index in [-0.39, 0.29) is 0 Å². The van der Waals surface area contributed by atoms with E-state index < -0.39 is 0 Å². The SMILES string of the molecule is CC(C)CCSCC1(CBr)CCC1. The van der Waals surface area contributed by atoms with Gasteiger partial charge in [-0.3, -0.25) is 0 Å². The Morgan fingerprint density at radius 2 is 2.08 bits per heavy atom. The minimum Gasteiger partial charge on any atom is -0.161 e. The lowest BCUT2D eigenvalue weighted by molar-refractivity contribution is 0.206. The van der Waals surface area contributed by atoms with E-state index in [1.807, 2.05) is 0 Å². The highest BCUT2D eigenvalue weighted by atomic mass is 79.9. The zero-order chi connectivity index (χ0) is 9.73. The van der Waals surface area contributed by atoms with Crippen molar-refractivity contribution in [3.05, 3.63) is 0 Å². The fourth-order valence-electron chi connectivity index (χ4n) is 1.60. The van der Waals surface area contributed by atoms with Gasteiger partial charge in [-0.25, -0.2) is 0 Å². The van der Waals surface area contributed by atoms with Crippen molar-refractivity contribution in [1.82, 2.24) is 0 Å². The second kappa shape index (κ2) is 5.65. The van der Waals surface area contributed by atoms with Crippen molar-refractivity contribution in [2.75, 3.05) is 16.8 Å². The van der Waals surface area contributed by atoms with Crippen molar-refractivity contribution in [2.24, 2.45) is 11.3 Å². The molecule has 1 saturated carbocycles. The van der Waals surface area contributed by atoms with Gasteiger partial charge in [0.2, 0.25) is 0 Å². The smallest absolute Gasteiger partial charge is 0.00958 e. The van der Waals surface area contributed by atoms with Crippen LogP contribution in [0.2, 0.25) is 0 Å². The molecule has 0 radical (unpaired) electrons. The quantitative estimate of drug-likeness (QED) is 0.509. The first-order valence-corrected chi connectivity index (χ1v) is 7.60. The maximum Gasteiger partial charge on any atom is 0.00958 e. The lowest BCUT2D eigenvalue weighted by Gasteiger charge is -2.40. The van der Waals surface area contributed by atoms with Crippen molar-refractivity contribution in [3.8, 4) is 0 Å². The summed E-state index contributed by atoms with van der Waals surface area (Å²) in [5.41, 5.74) is 0.682. The fourth-order valence-corrected chi connectivity index (χ4v) is 4.23. The van der Waals surface area contributed by atoms with Gasteiger partial charge < -0.3 is 0 Å². The molecule has 0 aliphatic heterocycles. The summed E-state index contributed by atoms with van der Waals surface area (Å²) in [7, 11) is 0. The monoisotopic (exact) mass is 264 g/mol. The third-order valence-corrected chi connectivity index (χ3v) is 5.48. The molecule has 0 aromatic carbocycles. The summed E-state index contributed by atoms with van der Waals surface area (Å²) in [6.07, 6.45) is 5.74. The molecule has 2 heteroatoms. The van der Waals surface area contributed by atoms with E-state index in [0.717, 1.165) is 5.92 Å². The van der Waals surface area contributed by atoms with E-state index in [1.54, 1.807) is 0 Å². The fraction of sp³-hybridized carbons (Fsp3) is 1.00. The molecule has 1 aliphatic carbocycles. The Kier molecular flexibility index (Phi) is 5.17. The summed E-state index contributed by atoms with van der Waals surface area (Å²) < 4.78 is 0. The minimum absolute atomic E-state index is 0.682. The Labute approximate surface area is 95.4 Å². The second-order valence-electron chi connectivity index (χ2n) is 4.72. The van der Waals surface area contributed by atoms with E-state index in [0.29, 0.717) is 5.41 Å². The van der Waals surface area contributed by atoms with Crippen LogP contribution in [0.4, 0.5) is 0 Å². The van der Waals surface area contributed by atoms with Gasteiger partial charge in [-0.05, 0) is 42.1 Å². The molecule has 0 atom stereocenters. The number of thioether (sulfide) groups is 1. The Morgan fingerprint density at radius 3 is 2.46 bits per heavy atom. The number of hydrogen-bond acceptors (Lipinski definition) is 1. The molecule has 0 unspecified atom stereocenters. The summed E-state index contributed by atoms with van der Waals surface area (Å²) >= 11 is 5.81. The lowest BCUT2D eigenvalue weighted by Crippen LogP contribution is -2.33. The third kappa shape index (κ3) is 3.83. The average molecular weight is 265 g/mol. The van der Waals surface area contributed by atoms with Gasteiger partial charge in [0.1, 0.15) is 0 Å². The largest absolute Gasteiger partial charge is 0.161 e. The normalized spacial score (nSPS) is 20.3. The number of hydrogen-bond donors (Lipinski definition) is 0. The topological polar surface area (TPSA) is 0 Å². The zero-order valence-electron chi connectivity index (χ0n) is 8.81. The van der Waals surface area contributed by atoms with Gasteiger partial charge in [0.05, 0.1) is 0 Å². The van der Waals surface area contributed by atoms with Crippen LogP contribution in [0, 0.1) is 11.3 Å². The first kappa shape index (κ1) is 11.9. The van der Waals surface area contributed by atoms with Gasteiger partial charge in [-0.1, -0.05) is 36.2 Å². The van der Waals surface area contributed by atoms with Crippen LogP contribution < -0.4 is 0 Å². The molecule has 1 rings (SSSR count). The molecule has 0 saturated heterocycles. The zero-order valence-corrected chi connectivity index (χ0v) is 11.2. The van der Waals surface area contributed by atoms with Crippen LogP contribution in [-0.4, -0.2) is 16.8 Å². The molecule has 0 amide bonds. The molecule has 1 fully saturated rings. The molecule has 13 heavy (non-hydrogen) atoms. The van der Waals surface area contributed by atoms with E-state index in [1.165, 1.54) is 42.5 Å². The molecular formula is C11H21BrS. The van der Waals surface area contributed by atoms with E-state index in [4.69, 9.17) is 0 Å². The third-order valence-electron chi connectivity index (χ3n) is 2.95. The molecular weight excluding hydrogens is 244 g/mol. The molecule has 0 bridgehead atoms. The highest BCUT2D eigenvalue weighted by molar-refractivity contribution is 9.09. The van der Waals surface area contributed by atoms with E-state index in [2.05, 4.69) is 41.5 Å². The minimum atomic E-state index is 0.682. The summed E-state index contributed by atoms with van der Waals surface area (Å²) in [4.78, 5) is 0. The highest BCUT2D eigenvalue weighted by Crippen LogP contribution is 2.44. The predicted octanol–water partition coefficient (Wildman–Crippen LogP) is 4.33. The van der Waals surface area contributed by atoms with Gasteiger partial charge in [-0.15, -0.1) is 0 Å². The highest BCUT2D eigenvalue weighted by Gasteiger charge is 2.35. The second-order valence-corrected chi connectivity index (χ2v) is 6.39. The van der Waals surface area contributed by atoms with E-state index in [9.17, 15) is 0 Å². The van der Waals surface area contributed by atoms with Gasteiger partial charge >= 0.3 is 0 Å². The van der Waals surface area contributed by atoms with Crippen molar-refractivity contribution in [3.63, 3.8) is 0 Å². The molecule has 78 valence electrons. The number of alkyl halides is 1. The molecule has 0 nitrogen and oxygen atoms in total. The Hall–Kier alpha value is 0.830. The van der Waals surface area contributed by atoms with Crippen LogP contribution in [0.1, 0.15) is 39.5 Å². The maximum atomic E-state index is 3.65. The summed E-state index contributed by atoms with van der Waals surface area (Å²) in [6, 6.07) is 0. The summed E-state index contributed by atoms with van der Waals surface area (Å²) in [5.74, 6) is 3.60. The van der Waals surface area contributed by atoms with Crippen molar-refractivity contribution in [1.29, 1.82) is 0 Å².